The molecule has 1 aliphatic rings. The third-order valence-corrected chi connectivity index (χ3v) is 4.27. The van der Waals surface area contributed by atoms with Crippen molar-refractivity contribution in [3.8, 4) is 0 Å². The molecular formula is C13H27NS. The standard InChI is InChI=1S/C13H27NS/c1-3-5-13-6-8-14(9-7-13)10-12(4-2)11-15/h12-13,15H,3-11H2,1-2H3. The number of hydrogen-bond donors (Lipinski definition) is 1. The predicted octanol–water partition coefficient (Wildman–Crippen LogP) is 3.45. The van der Waals surface area contributed by atoms with Crippen LogP contribution in [-0.2, 0) is 0 Å². The lowest BCUT2D eigenvalue weighted by atomic mass is 9.92. The summed E-state index contributed by atoms with van der Waals surface area (Å²) < 4.78 is 0. The number of nitrogens with zero attached hydrogens (tertiary/aromatic N) is 1. The van der Waals surface area contributed by atoms with Crippen LogP contribution in [0.5, 0.6) is 0 Å². The van der Waals surface area contributed by atoms with E-state index in [1.807, 2.05) is 0 Å². The second-order valence-corrected chi connectivity index (χ2v) is 5.35. The first-order valence-electron chi connectivity index (χ1n) is 6.63. The van der Waals surface area contributed by atoms with Gasteiger partial charge >= 0.3 is 0 Å². The van der Waals surface area contributed by atoms with Crippen molar-refractivity contribution in [3.05, 3.63) is 0 Å². The smallest absolute Gasteiger partial charge is 0.00174 e. The van der Waals surface area contributed by atoms with Crippen LogP contribution >= 0.6 is 12.6 Å². The summed E-state index contributed by atoms with van der Waals surface area (Å²) in [4.78, 5) is 2.65. The second kappa shape index (κ2) is 7.56. The SMILES string of the molecule is CCCC1CCN(CC(CC)CS)CC1. The van der Waals surface area contributed by atoms with Gasteiger partial charge in [-0.25, -0.2) is 0 Å². The van der Waals surface area contributed by atoms with Gasteiger partial charge in [0.2, 0.25) is 0 Å². The molecule has 0 bridgehead atoms. The summed E-state index contributed by atoms with van der Waals surface area (Å²) in [5, 5.41) is 0. The number of hydrogen-bond acceptors (Lipinski definition) is 2. The van der Waals surface area contributed by atoms with Gasteiger partial charge in [-0.2, -0.15) is 12.6 Å². The summed E-state index contributed by atoms with van der Waals surface area (Å²) in [6.45, 7) is 8.52. The van der Waals surface area contributed by atoms with Crippen molar-refractivity contribution in [2.75, 3.05) is 25.4 Å². The maximum absolute atomic E-state index is 4.42. The first kappa shape index (κ1) is 13.4. The van der Waals surface area contributed by atoms with Gasteiger partial charge in [0, 0.05) is 6.54 Å². The van der Waals surface area contributed by atoms with Gasteiger partial charge in [-0.1, -0.05) is 33.1 Å². The molecule has 1 fully saturated rings. The normalized spacial score (nSPS) is 21.8. The van der Waals surface area contributed by atoms with E-state index in [-0.39, 0.29) is 0 Å². The highest BCUT2D eigenvalue weighted by Gasteiger charge is 2.19. The van der Waals surface area contributed by atoms with Gasteiger partial charge in [0.1, 0.15) is 0 Å². The Balaban J connectivity index is 2.19. The van der Waals surface area contributed by atoms with E-state index in [2.05, 4.69) is 31.4 Å². The van der Waals surface area contributed by atoms with Gasteiger partial charge in [-0.15, -0.1) is 0 Å². The molecule has 0 saturated carbocycles. The Morgan fingerprint density at radius 1 is 1.27 bits per heavy atom. The van der Waals surface area contributed by atoms with Crippen LogP contribution in [0.1, 0.15) is 46.0 Å². The van der Waals surface area contributed by atoms with Gasteiger partial charge in [-0.05, 0) is 43.5 Å². The average Bonchev–Trinajstić information content (AvgIpc) is 2.28. The molecule has 1 unspecified atom stereocenters. The van der Waals surface area contributed by atoms with Crippen LogP contribution in [0.3, 0.4) is 0 Å². The summed E-state index contributed by atoms with van der Waals surface area (Å²) in [6, 6.07) is 0. The highest BCUT2D eigenvalue weighted by Crippen LogP contribution is 2.22. The van der Waals surface area contributed by atoms with E-state index < -0.39 is 0 Å². The summed E-state index contributed by atoms with van der Waals surface area (Å²) in [7, 11) is 0. The fourth-order valence-electron chi connectivity index (χ4n) is 2.55. The monoisotopic (exact) mass is 229 g/mol. The van der Waals surface area contributed by atoms with E-state index in [0.29, 0.717) is 0 Å². The zero-order chi connectivity index (χ0) is 11.1. The van der Waals surface area contributed by atoms with Crippen molar-refractivity contribution in [3.63, 3.8) is 0 Å². The van der Waals surface area contributed by atoms with Crippen LogP contribution < -0.4 is 0 Å². The van der Waals surface area contributed by atoms with Gasteiger partial charge in [-0.3, -0.25) is 0 Å². The molecule has 2 heteroatoms. The second-order valence-electron chi connectivity index (χ2n) is 4.99. The minimum Gasteiger partial charge on any atom is -0.303 e. The van der Waals surface area contributed by atoms with E-state index in [4.69, 9.17) is 0 Å². The molecule has 1 heterocycles. The summed E-state index contributed by atoms with van der Waals surface area (Å²) in [5.41, 5.74) is 0. The molecule has 0 spiro atoms. The predicted molar refractivity (Wildman–Crippen MR) is 71.7 cm³/mol. The fraction of sp³-hybridized carbons (Fsp3) is 1.00. The molecule has 1 aliphatic heterocycles. The molecule has 1 rings (SSSR count). The third kappa shape index (κ3) is 4.78. The van der Waals surface area contributed by atoms with E-state index in [9.17, 15) is 0 Å². The zero-order valence-corrected chi connectivity index (χ0v) is 11.3. The Bertz CT molecular complexity index is 149. The molecule has 0 aromatic rings. The molecule has 0 aromatic carbocycles. The van der Waals surface area contributed by atoms with Crippen LogP contribution in [0.25, 0.3) is 0 Å². The van der Waals surface area contributed by atoms with Crippen LogP contribution in [0, 0.1) is 11.8 Å². The van der Waals surface area contributed by atoms with Crippen molar-refractivity contribution in [1.29, 1.82) is 0 Å². The first-order chi connectivity index (χ1) is 7.30. The molecular weight excluding hydrogens is 202 g/mol. The Labute approximate surface area is 101 Å². The van der Waals surface area contributed by atoms with Crippen LogP contribution in [0.4, 0.5) is 0 Å². The molecule has 0 aromatic heterocycles. The van der Waals surface area contributed by atoms with Gasteiger partial charge in [0.15, 0.2) is 0 Å². The number of rotatable bonds is 6. The van der Waals surface area contributed by atoms with Crippen molar-refractivity contribution >= 4 is 12.6 Å². The van der Waals surface area contributed by atoms with Crippen LogP contribution in [0.15, 0.2) is 0 Å². The lowest BCUT2D eigenvalue weighted by Gasteiger charge is -2.33. The first-order valence-corrected chi connectivity index (χ1v) is 7.26. The molecule has 0 N–H and O–H groups in total. The van der Waals surface area contributed by atoms with Crippen molar-refractivity contribution in [2.45, 2.75) is 46.0 Å². The lowest BCUT2D eigenvalue weighted by Crippen LogP contribution is -2.37. The van der Waals surface area contributed by atoms with Gasteiger partial charge < -0.3 is 4.90 Å². The minimum atomic E-state index is 0.802. The fourth-order valence-corrected chi connectivity index (χ4v) is 2.92. The van der Waals surface area contributed by atoms with Gasteiger partial charge in [0.05, 0.1) is 0 Å². The number of thiol groups is 1. The summed E-state index contributed by atoms with van der Waals surface area (Å²) in [5.74, 6) is 2.86. The van der Waals surface area contributed by atoms with Crippen LogP contribution in [-0.4, -0.2) is 30.3 Å². The molecule has 15 heavy (non-hydrogen) atoms. The van der Waals surface area contributed by atoms with E-state index in [1.54, 1.807) is 0 Å². The van der Waals surface area contributed by atoms with E-state index in [0.717, 1.165) is 17.6 Å². The molecule has 90 valence electrons. The molecule has 1 nitrogen and oxygen atoms in total. The molecule has 1 saturated heterocycles. The Hall–Kier alpha value is 0.310. The molecule has 0 amide bonds. The summed E-state index contributed by atoms with van der Waals surface area (Å²) in [6.07, 6.45) is 6.93. The highest BCUT2D eigenvalue weighted by atomic mass is 32.1. The minimum absolute atomic E-state index is 0.802. The Kier molecular flexibility index (Phi) is 6.74. The molecule has 0 aliphatic carbocycles. The highest BCUT2D eigenvalue weighted by molar-refractivity contribution is 7.80. The maximum Gasteiger partial charge on any atom is 0.00174 e. The van der Waals surface area contributed by atoms with Crippen molar-refractivity contribution < 1.29 is 0 Å². The van der Waals surface area contributed by atoms with Gasteiger partial charge in [0.25, 0.3) is 0 Å². The van der Waals surface area contributed by atoms with Crippen molar-refractivity contribution in [1.82, 2.24) is 4.90 Å². The zero-order valence-electron chi connectivity index (χ0n) is 10.4. The third-order valence-electron chi connectivity index (χ3n) is 3.76. The topological polar surface area (TPSA) is 3.24 Å². The number of likely N-dealkylation sites (tertiary alicyclic amines) is 1. The Morgan fingerprint density at radius 2 is 1.93 bits per heavy atom. The largest absolute Gasteiger partial charge is 0.303 e. The van der Waals surface area contributed by atoms with Crippen molar-refractivity contribution in [2.24, 2.45) is 11.8 Å². The summed E-state index contributed by atoms with van der Waals surface area (Å²) >= 11 is 4.42. The van der Waals surface area contributed by atoms with E-state index >= 15 is 0 Å². The lowest BCUT2D eigenvalue weighted by molar-refractivity contribution is 0.159. The quantitative estimate of drug-likeness (QED) is 0.683. The number of piperidine rings is 1. The molecule has 1 atom stereocenters. The van der Waals surface area contributed by atoms with Crippen LogP contribution in [0.2, 0.25) is 0 Å². The Morgan fingerprint density at radius 3 is 2.40 bits per heavy atom. The maximum atomic E-state index is 4.42. The average molecular weight is 229 g/mol. The van der Waals surface area contributed by atoms with E-state index in [1.165, 1.54) is 51.7 Å². The molecule has 0 radical (unpaired) electrons.